The summed E-state index contributed by atoms with van der Waals surface area (Å²) in [7, 11) is 0. The Labute approximate surface area is 151 Å². The van der Waals surface area contributed by atoms with Crippen LogP contribution in [0, 0.1) is 0 Å². The highest BCUT2D eigenvalue weighted by Crippen LogP contribution is 2.37. The second-order valence-electron chi connectivity index (χ2n) is 6.40. The van der Waals surface area contributed by atoms with E-state index >= 15 is 0 Å². The van der Waals surface area contributed by atoms with Crippen molar-refractivity contribution in [3.63, 3.8) is 0 Å². The van der Waals surface area contributed by atoms with Gasteiger partial charge in [0, 0.05) is 5.56 Å². The standard InChI is InChI=1S/C22H18N2O2/c23-22(17-11-5-2-6-12-17)20(25)18-13-7-8-14-19(18)24(21(22)26)15-16-9-3-1-4-10-16/h1-14H,15,23H2. The predicted octanol–water partition coefficient (Wildman–Crippen LogP) is 3.27. The summed E-state index contributed by atoms with van der Waals surface area (Å²) in [5.41, 5.74) is 7.31. The third-order valence-corrected chi connectivity index (χ3v) is 4.79. The van der Waals surface area contributed by atoms with Crippen LogP contribution in [0.5, 0.6) is 0 Å². The Hall–Kier alpha value is -3.24. The molecule has 1 aliphatic rings. The molecule has 128 valence electrons. The molecule has 26 heavy (non-hydrogen) atoms. The van der Waals surface area contributed by atoms with Gasteiger partial charge in [-0.2, -0.15) is 0 Å². The summed E-state index contributed by atoms with van der Waals surface area (Å²) in [5, 5.41) is 0. The number of carbonyl (C=O) groups is 2. The number of fused-ring (bicyclic) bond motifs is 1. The Kier molecular flexibility index (Phi) is 3.90. The molecule has 4 rings (SSSR count). The minimum absolute atomic E-state index is 0.357. The smallest absolute Gasteiger partial charge is 0.260 e. The van der Waals surface area contributed by atoms with Crippen LogP contribution >= 0.6 is 0 Å². The Morgan fingerprint density at radius 3 is 2.04 bits per heavy atom. The summed E-state index contributed by atoms with van der Waals surface area (Å²) in [6.07, 6.45) is 0. The number of nitrogens with two attached hydrogens (primary N) is 1. The third kappa shape index (κ3) is 2.43. The van der Waals surface area contributed by atoms with Crippen molar-refractivity contribution in [3.05, 3.63) is 102 Å². The molecule has 0 saturated carbocycles. The van der Waals surface area contributed by atoms with Gasteiger partial charge in [-0.05, 0) is 23.3 Å². The molecule has 3 aromatic carbocycles. The molecule has 0 aromatic heterocycles. The van der Waals surface area contributed by atoms with Crippen LogP contribution in [-0.2, 0) is 16.9 Å². The maximum absolute atomic E-state index is 13.4. The largest absolute Gasteiger partial charge is 0.307 e. The molecule has 3 aromatic rings. The monoisotopic (exact) mass is 342 g/mol. The van der Waals surface area contributed by atoms with Crippen molar-refractivity contribution in [2.24, 2.45) is 5.73 Å². The predicted molar refractivity (Wildman–Crippen MR) is 101 cm³/mol. The molecule has 0 fully saturated rings. The van der Waals surface area contributed by atoms with Crippen molar-refractivity contribution < 1.29 is 9.59 Å². The minimum atomic E-state index is -1.72. The highest BCUT2D eigenvalue weighted by atomic mass is 16.2. The molecule has 0 bridgehead atoms. The van der Waals surface area contributed by atoms with Gasteiger partial charge in [0.15, 0.2) is 11.3 Å². The lowest BCUT2D eigenvalue weighted by molar-refractivity contribution is -0.122. The first-order valence-electron chi connectivity index (χ1n) is 8.46. The maximum atomic E-state index is 13.4. The van der Waals surface area contributed by atoms with Gasteiger partial charge in [-0.25, -0.2) is 0 Å². The number of hydrogen-bond donors (Lipinski definition) is 1. The van der Waals surface area contributed by atoms with E-state index in [1.165, 1.54) is 0 Å². The van der Waals surface area contributed by atoms with E-state index in [1.54, 1.807) is 47.4 Å². The van der Waals surface area contributed by atoms with Crippen molar-refractivity contribution in [2.75, 3.05) is 4.90 Å². The fourth-order valence-corrected chi connectivity index (χ4v) is 3.41. The van der Waals surface area contributed by atoms with Crippen LogP contribution in [0.4, 0.5) is 5.69 Å². The van der Waals surface area contributed by atoms with Crippen LogP contribution in [0.1, 0.15) is 21.5 Å². The molecule has 4 heteroatoms. The van der Waals surface area contributed by atoms with E-state index in [-0.39, 0.29) is 5.78 Å². The molecule has 0 saturated heterocycles. The van der Waals surface area contributed by atoms with E-state index in [0.29, 0.717) is 23.4 Å². The van der Waals surface area contributed by atoms with Gasteiger partial charge in [-0.1, -0.05) is 72.8 Å². The van der Waals surface area contributed by atoms with E-state index in [2.05, 4.69) is 0 Å². The van der Waals surface area contributed by atoms with Crippen LogP contribution in [0.3, 0.4) is 0 Å². The molecule has 2 N–H and O–H groups in total. The molecule has 0 aliphatic carbocycles. The lowest BCUT2D eigenvalue weighted by Gasteiger charge is -2.39. The highest BCUT2D eigenvalue weighted by Gasteiger charge is 2.51. The molecule has 0 spiro atoms. The lowest BCUT2D eigenvalue weighted by atomic mass is 9.78. The first-order chi connectivity index (χ1) is 12.6. The number of hydrogen-bond acceptors (Lipinski definition) is 3. The second kappa shape index (κ2) is 6.24. The number of ketones is 1. The summed E-state index contributed by atoms with van der Waals surface area (Å²) in [6, 6.07) is 25.7. The Morgan fingerprint density at radius 1 is 0.769 bits per heavy atom. The van der Waals surface area contributed by atoms with Crippen LogP contribution < -0.4 is 10.6 Å². The molecule has 4 nitrogen and oxygen atoms in total. The van der Waals surface area contributed by atoms with Gasteiger partial charge >= 0.3 is 0 Å². The zero-order valence-corrected chi connectivity index (χ0v) is 14.1. The molecule has 0 radical (unpaired) electrons. The van der Waals surface area contributed by atoms with E-state index < -0.39 is 11.4 Å². The molecular weight excluding hydrogens is 324 g/mol. The lowest BCUT2D eigenvalue weighted by Crippen LogP contribution is -2.61. The SMILES string of the molecule is NC1(c2ccccc2)C(=O)c2ccccc2N(Cc2ccccc2)C1=O. The Morgan fingerprint density at radius 2 is 1.35 bits per heavy atom. The Bertz CT molecular complexity index is 970. The van der Waals surface area contributed by atoms with Crippen LogP contribution in [0.25, 0.3) is 0 Å². The van der Waals surface area contributed by atoms with Crippen molar-refractivity contribution in [3.8, 4) is 0 Å². The first kappa shape index (κ1) is 16.2. The number of rotatable bonds is 3. The van der Waals surface area contributed by atoms with Crippen LogP contribution in [0.15, 0.2) is 84.9 Å². The summed E-state index contributed by atoms with van der Waals surface area (Å²) in [4.78, 5) is 28.2. The van der Waals surface area contributed by atoms with Crippen molar-refractivity contribution in [1.29, 1.82) is 0 Å². The molecule has 1 aliphatic heterocycles. The van der Waals surface area contributed by atoms with Gasteiger partial charge in [-0.3, -0.25) is 9.59 Å². The van der Waals surface area contributed by atoms with Crippen molar-refractivity contribution in [1.82, 2.24) is 0 Å². The summed E-state index contributed by atoms with van der Waals surface area (Å²) in [6.45, 7) is 0.357. The van der Waals surface area contributed by atoms with Gasteiger partial charge in [0.05, 0.1) is 12.2 Å². The van der Waals surface area contributed by atoms with Gasteiger partial charge in [0.2, 0.25) is 0 Å². The fraction of sp³-hybridized carbons (Fsp3) is 0.0909. The average molecular weight is 342 g/mol. The van der Waals surface area contributed by atoms with E-state index in [4.69, 9.17) is 5.73 Å². The quantitative estimate of drug-likeness (QED) is 0.743. The summed E-state index contributed by atoms with van der Waals surface area (Å²) >= 11 is 0. The zero-order chi connectivity index (χ0) is 18.1. The normalized spacial score (nSPS) is 19.3. The van der Waals surface area contributed by atoms with Crippen molar-refractivity contribution in [2.45, 2.75) is 12.1 Å². The number of benzene rings is 3. The average Bonchev–Trinajstić information content (AvgIpc) is 2.71. The molecule has 1 amide bonds. The number of anilines is 1. The molecule has 1 heterocycles. The number of carbonyl (C=O) groups excluding carboxylic acids is 2. The zero-order valence-electron chi connectivity index (χ0n) is 14.1. The fourth-order valence-electron chi connectivity index (χ4n) is 3.41. The molecule has 1 atom stereocenters. The van der Waals surface area contributed by atoms with Crippen molar-refractivity contribution >= 4 is 17.4 Å². The van der Waals surface area contributed by atoms with E-state index in [9.17, 15) is 9.59 Å². The third-order valence-electron chi connectivity index (χ3n) is 4.79. The number of para-hydroxylation sites is 1. The van der Waals surface area contributed by atoms with Gasteiger partial charge in [-0.15, -0.1) is 0 Å². The summed E-state index contributed by atoms with van der Waals surface area (Å²) < 4.78 is 0. The first-order valence-corrected chi connectivity index (χ1v) is 8.46. The van der Waals surface area contributed by atoms with Gasteiger partial charge in [0.25, 0.3) is 5.91 Å². The summed E-state index contributed by atoms with van der Waals surface area (Å²) in [5.74, 6) is -0.773. The Balaban J connectivity index is 1.87. The number of amides is 1. The highest BCUT2D eigenvalue weighted by molar-refractivity contribution is 6.27. The van der Waals surface area contributed by atoms with Gasteiger partial charge in [0.1, 0.15) is 0 Å². The van der Waals surface area contributed by atoms with E-state index in [0.717, 1.165) is 5.56 Å². The minimum Gasteiger partial charge on any atom is -0.307 e. The molecular formula is C22H18N2O2. The van der Waals surface area contributed by atoms with Crippen LogP contribution in [0.2, 0.25) is 0 Å². The van der Waals surface area contributed by atoms with Crippen LogP contribution in [-0.4, -0.2) is 11.7 Å². The number of Topliss-reactive ketones (excluding diaryl/α,β-unsaturated/α-hetero) is 1. The second-order valence-corrected chi connectivity index (χ2v) is 6.40. The maximum Gasteiger partial charge on any atom is 0.260 e. The topological polar surface area (TPSA) is 63.4 Å². The molecule has 1 unspecified atom stereocenters. The van der Waals surface area contributed by atoms with Gasteiger partial charge < -0.3 is 10.6 Å². The number of nitrogens with zero attached hydrogens (tertiary/aromatic N) is 1. The van der Waals surface area contributed by atoms with E-state index in [1.807, 2.05) is 42.5 Å².